The van der Waals surface area contributed by atoms with Crippen molar-refractivity contribution < 1.29 is 4.74 Å². The topological polar surface area (TPSA) is 47.3 Å². The minimum atomic E-state index is 0.447. The van der Waals surface area contributed by atoms with Gasteiger partial charge in [0.25, 0.3) is 0 Å². The van der Waals surface area contributed by atoms with Crippen molar-refractivity contribution in [2.24, 2.45) is 0 Å². The molecule has 82 valence electrons. The predicted molar refractivity (Wildman–Crippen MR) is 62.1 cm³/mol. The lowest BCUT2D eigenvalue weighted by Gasteiger charge is -2.28. The fraction of sp³-hybridized carbons (Fsp3) is 0.500. The number of nitrogens with two attached hydrogens (primary N) is 1. The lowest BCUT2D eigenvalue weighted by Crippen LogP contribution is -2.29. The summed E-state index contributed by atoms with van der Waals surface area (Å²) in [5.41, 5.74) is 9.26. The molecule has 1 heterocycles. The van der Waals surface area contributed by atoms with Crippen LogP contribution in [0.25, 0.3) is 0 Å². The van der Waals surface area contributed by atoms with Crippen LogP contribution in [0.3, 0.4) is 0 Å². The maximum atomic E-state index is 5.90. The largest absolute Gasteiger partial charge is 0.494 e. The molecule has 0 saturated carbocycles. The summed E-state index contributed by atoms with van der Waals surface area (Å²) < 4.78 is 5.38. The van der Waals surface area contributed by atoms with Crippen molar-refractivity contribution >= 4 is 5.69 Å². The van der Waals surface area contributed by atoms with Crippen LogP contribution in [-0.2, 0) is 6.42 Å². The van der Waals surface area contributed by atoms with Crippen molar-refractivity contribution in [1.29, 1.82) is 0 Å². The van der Waals surface area contributed by atoms with E-state index in [4.69, 9.17) is 10.5 Å². The highest BCUT2D eigenvalue weighted by Crippen LogP contribution is 2.35. The molecule has 15 heavy (non-hydrogen) atoms. The second-order valence-corrected chi connectivity index (χ2v) is 3.92. The molecule has 1 aromatic carbocycles. The van der Waals surface area contributed by atoms with Gasteiger partial charge in [-0.05, 0) is 31.0 Å². The van der Waals surface area contributed by atoms with Crippen LogP contribution in [0, 0.1) is 0 Å². The summed E-state index contributed by atoms with van der Waals surface area (Å²) in [5, 5.41) is 3.50. The highest BCUT2D eigenvalue weighted by Gasteiger charge is 2.22. The van der Waals surface area contributed by atoms with Gasteiger partial charge in [-0.1, -0.05) is 13.0 Å². The normalized spacial score (nSPS) is 19.7. The SMILES string of the molecule is CCC1NCCc2c1ccc(N)c2OC. The van der Waals surface area contributed by atoms with Gasteiger partial charge in [0, 0.05) is 11.6 Å². The fourth-order valence-electron chi connectivity index (χ4n) is 2.33. The molecule has 2 rings (SSSR count). The van der Waals surface area contributed by atoms with E-state index in [-0.39, 0.29) is 0 Å². The predicted octanol–water partition coefficient (Wildman–Crippen LogP) is 1.87. The molecular weight excluding hydrogens is 188 g/mol. The second-order valence-electron chi connectivity index (χ2n) is 3.92. The Kier molecular flexibility index (Phi) is 2.82. The molecule has 3 N–H and O–H groups in total. The Morgan fingerprint density at radius 3 is 3.00 bits per heavy atom. The van der Waals surface area contributed by atoms with Crippen LogP contribution in [0.5, 0.6) is 5.75 Å². The Bertz CT molecular complexity index is 363. The van der Waals surface area contributed by atoms with Crippen molar-refractivity contribution in [3.8, 4) is 5.75 Å². The van der Waals surface area contributed by atoms with E-state index in [1.807, 2.05) is 6.07 Å². The zero-order valence-corrected chi connectivity index (χ0v) is 9.34. The van der Waals surface area contributed by atoms with Gasteiger partial charge in [0.1, 0.15) is 5.75 Å². The molecule has 0 bridgehead atoms. The van der Waals surface area contributed by atoms with Crippen molar-refractivity contribution in [2.75, 3.05) is 19.4 Å². The number of hydrogen-bond acceptors (Lipinski definition) is 3. The third-order valence-corrected chi connectivity index (χ3v) is 3.08. The third-order valence-electron chi connectivity index (χ3n) is 3.08. The van der Waals surface area contributed by atoms with Gasteiger partial charge in [0.15, 0.2) is 0 Å². The molecule has 1 atom stereocenters. The number of nitrogen functional groups attached to an aromatic ring is 1. The average molecular weight is 206 g/mol. The Balaban J connectivity index is 2.51. The van der Waals surface area contributed by atoms with Crippen LogP contribution in [-0.4, -0.2) is 13.7 Å². The molecule has 0 fully saturated rings. The van der Waals surface area contributed by atoms with E-state index in [1.165, 1.54) is 11.1 Å². The highest BCUT2D eigenvalue weighted by atomic mass is 16.5. The smallest absolute Gasteiger partial charge is 0.145 e. The number of nitrogens with one attached hydrogen (secondary N) is 1. The minimum Gasteiger partial charge on any atom is -0.494 e. The van der Waals surface area contributed by atoms with Crippen LogP contribution in [0.1, 0.15) is 30.5 Å². The highest BCUT2D eigenvalue weighted by molar-refractivity contribution is 5.60. The van der Waals surface area contributed by atoms with Gasteiger partial charge in [-0.15, -0.1) is 0 Å². The summed E-state index contributed by atoms with van der Waals surface area (Å²) in [5.74, 6) is 0.868. The third kappa shape index (κ3) is 1.67. The standard InChI is InChI=1S/C12H18N2O/c1-3-11-8-4-5-10(13)12(15-2)9(8)6-7-14-11/h4-5,11,14H,3,6-7,13H2,1-2H3. The van der Waals surface area contributed by atoms with E-state index in [0.29, 0.717) is 6.04 Å². The Labute approximate surface area is 90.6 Å². The first-order valence-corrected chi connectivity index (χ1v) is 5.46. The van der Waals surface area contributed by atoms with E-state index in [1.54, 1.807) is 7.11 Å². The van der Waals surface area contributed by atoms with E-state index in [2.05, 4.69) is 18.3 Å². The van der Waals surface area contributed by atoms with Gasteiger partial charge in [0.2, 0.25) is 0 Å². The number of ether oxygens (including phenoxy) is 1. The molecule has 1 aromatic rings. The molecule has 0 saturated heterocycles. The number of hydrogen-bond donors (Lipinski definition) is 2. The zero-order chi connectivity index (χ0) is 10.8. The van der Waals surface area contributed by atoms with Crippen molar-refractivity contribution in [3.63, 3.8) is 0 Å². The van der Waals surface area contributed by atoms with E-state index in [9.17, 15) is 0 Å². The monoisotopic (exact) mass is 206 g/mol. The van der Waals surface area contributed by atoms with Gasteiger partial charge < -0.3 is 15.8 Å². The molecule has 1 aliphatic rings. The van der Waals surface area contributed by atoms with Crippen LogP contribution in [0.15, 0.2) is 12.1 Å². The second kappa shape index (κ2) is 4.11. The maximum Gasteiger partial charge on any atom is 0.145 e. The summed E-state index contributed by atoms with van der Waals surface area (Å²) in [6.07, 6.45) is 2.10. The fourth-order valence-corrected chi connectivity index (χ4v) is 2.33. The molecular formula is C12H18N2O. The number of benzene rings is 1. The lowest BCUT2D eigenvalue weighted by molar-refractivity contribution is 0.401. The Morgan fingerprint density at radius 2 is 2.33 bits per heavy atom. The molecule has 1 aliphatic heterocycles. The molecule has 0 amide bonds. The molecule has 0 spiro atoms. The van der Waals surface area contributed by atoms with Crippen LogP contribution < -0.4 is 15.8 Å². The minimum absolute atomic E-state index is 0.447. The number of fused-ring (bicyclic) bond motifs is 1. The molecule has 1 unspecified atom stereocenters. The molecule has 3 nitrogen and oxygen atoms in total. The first kappa shape index (κ1) is 10.3. The number of methoxy groups -OCH3 is 1. The van der Waals surface area contributed by atoms with Crippen LogP contribution in [0.2, 0.25) is 0 Å². The van der Waals surface area contributed by atoms with E-state index < -0.39 is 0 Å². The van der Waals surface area contributed by atoms with Crippen LogP contribution >= 0.6 is 0 Å². The first-order chi connectivity index (χ1) is 7.27. The molecule has 0 radical (unpaired) electrons. The Morgan fingerprint density at radius 1 is 1.53 bits per heavy atom. The zero-order valence-electron chi connectivity index (χ0n) is 9.34. The van der Waals surface area contributed by atoms with Gasteiger partial charge in [-0.25, -0.2) is 0 Å². The summed E-state index contributed by atoms with van der Waals surface area (Å²) in [7, 11) is 1.69. The van der Waals surface area contributed by atoms with Gasteiger partial charge >= 0.3 is 0 Å². The summed E-state index contributed by atoms with van der Waals surface area (Å²) in [4.78, 5) is 0. The molecule has 0 aliphatic carbocycles. The first-order valence-electron chi connectivity index (χ1n) is 5.46. The quantitative estimate of drug-likeness (QED) is 0.726. The molecule has 3 heteroatoms. The number of anilines is 1. The van der Waals surface area contributed by atoms with Gasteiger partial charge in [-0.3, -0.25) is 0 Å². The molecule has 0 aromatic heterocycles. The maximum absolute atomic E-state index is 5.90. The summed E-state index contributed by atoms with van der Waals surface area (Å²) >= 11 is 0. The Hall–Kier alpha value is -1.22. The number of rotatable bonds is 2. The van der Waals surface area contributed by atoms with E-state index >= 15 is 0 Å². The van der Waals surface area contributed by atoms with Gasteiger partial charge in [-0.2, -0.15) is 0 Å². The van der Waals surface area contributed by atoms with Crippen molar-refractivity contribution in [2.45, 2.75) is 25.8 Å². The van der Waals surface area contributed by atoms with Crippen LogP contribution in [0.4, 0.5) is 5.69 Å². The lowest BCUT2D eigenvalue weighted by atomic mass is 9.91. The van der Waals surface area contributed by atoms with Gasteiger partial charge in [0.05, 0.1) is 12.8 Å². The van der Waals surface area contributed by atoms with Crippen molar-refractivity contribution in [1.82, 2.24) is 5.32 Å². The average Bonchev–Trinajstić information content (AvgIpc) is 2.28. The summed E-state index contributed by atoms with van der Waals surface area (Å²) in [6.45, 7) is 3.20. The van der Waals surface area contributed by atoms with E-state index in [0.717, 1.165) is 30.8 Å². The summed E-state index contributed by atoms with van der Waals surface area (Å²) in [6, 6.07) is 4.50. The van der Waals surface area contributed by atoms with Crippen molar-refractivity contribution in [3.05, 3.63) is 23.3 Å².